The van der Waals surface area contributed by atoms with Gasteiger partial charge in [0.2, 0.25) is 6.29 Å². The number of benzene rings is 3. The molecule has 2 atom stereocenters. The molecule has 4 nitrogen and oxygen atoms in total. The van der Waals surface area contributed by atoms with Gasteiger partial charge in [0.25, 0.3) is 0 Å². The van der Waals surface area contributed by atoms with Gasteiger partial charge in [-0.1, -0.05) is 72.4 Å². The van der Waals surface area contributed by atoms with Gasteiger partial charge in [0.15, 0.2) is 5.17 Å². The normalized spacial score (nSPS) is 17.1. The van der Waals surface area contributed by atoms with Crippen LogP contribution in [0.1, 0.15) is 41.5 Å². The highest BCUT2D eigenvalue weighted by Crippen LogP contribution is 2.38. The van der Waals surface area contributed by atoms with Crippen molar-refractivity contribution in [3.05, 3.63) is 101 Å². The van der Waals surface area contributed by atoms with Gasteiger partial charge in [0.1, 0.15) is 11.6 Å². The van der Waals surface area contributed by atoms with Gasteiger partial charge in [0.05, 0.1) is 12.6 Å². The van der Waals surface area contributed by atoms with E-state index in [1.807, 2.05) is 67.6 Å². The van der Waals surface area contributed by atoms with Crippen molar-refractivity contribution in [3.8, 4) is 5.75 Å². The van der Waals surface area contributed by atoms with Gasteiger partial charge in [-0.25, -0.2) is 4.39 Å². The minimum absolute atomic E-state index is 0.0489. The Labute approximate surface area is 179 Å². The monoisotopic (exact) mass is 422 g/mol. The van der Waals surface area contributed by atoms with Crippen molar-refractivity contribution < 1.29 is 13.9 Å². The SMILES string of the molecule is C[C@@H](N=C(N)SCc1cc(F)cc2c1O[C@@H](c1ccccc1)OC2)c1ccccc1. The van der Waals surface area contributed by atoms with E-state index in [1.54, 1.807) is 0 Å². The molecule has 1 aliphatic heterocycles. The molecule has 0 unspecified atom stereocenters. The molecule has 0 aromatic heterocycles. The van der Waals surface area contributed by atoms with E-state index in [0.717, 1.165) is 16.7 Å². The Hall–Kier alpha value is -2.83. The van der Waals surface area contributed by atoms with Gasteiger partial charge in [-0.3, -0.25) is 4.99 Å². The molecule has 154 valence electrons. The molecular weight excluding hydrogens is 399 g/mol. The van der Waals surface area contributed by atoms with E-state index in [-0.39, 0.29) is 11.9 Å². The van der Waals surface area contributed by atoms with Gasteiger partial charge in [-0.2, -0.15) is 0 Å². The van der Waals surface area contributed by atoms with E-state index >= 15 is 0 Å². The molecule has 0 bridgehead atoms. The molecule has 0 saturated heterocycles. The molecular formula is C24H23FN2O2S. The highest BCUT2D eigenvalue weighted by Gasteiger charge is 2.25. The molecule has 0 aliphatic carbocycles. The van der Waals surface area contributed by atoms with Gasteiger partial charge < -0.3 is 15.2 Å². The Morgan fingerprint density at radius 3 is 2.57 bits per heavy atom. The third kappa shape index (κ3) is 4.83. The third-order valence-corrected chi connectivity index (χ3v) is 5.73. The summed E-state index contributed by atoms with van der Waals surface area (Å²) in [6.07, 6.45) is -0.517. The lowest BCUT2D eigenvalue weighted by molar-refractivity contribution is -0.112. The third-order valence-electron chi connectivity index (χ3n) is 4.87. The highest BCUT2D eigenvalue weighted by atomic mass is 32.2. The number of hydrogen-bond donors (Lipinski definition) is 1. The molecule has 3 aromatic rings. The molecule has 4 rings (SSSR count). The van der Waals surface area contributed by atoms with E-state index in [4.69, 9.17) is 15.2 Å². The molecule has 2 N–H and O–H groups in total. The number of ether oxygens (including phenoxy) is 2. The summed E-state index contributed by atoms with van der Waals surface area (Å²) in [5, 5.41) is 0.455. The standard InChI is InChI=1S/C24H23FN2O2S/c1-16(17-8-4-2-5-9-17)27-24(26)30-15-20-13-21(25)12-19-14-28-23(29-22(19)20)18-10-6-3-7-11-18/h2-13,16,23H,14-15H2,1H3,(H2,26,27)/t16-,23+/m1/s1. The Morgan fingerprint density at radius 1 is 1.13 bits per heavy atom. The number of nitrogens with two attached hydrogens (primary N) is 1. The zero-order valence-corrected chi connectivity index (χ0v) is 17.4. The van der Waals surface area contributed by atoms with E-state index in [9.17, 15) is 4.39 Å². The van der Waals surface area contributed by atoms with Crippen molar-refractivity contribution in [2.75, 3.05) is 0 Å². The maximum atomic E-state index is 14.1. The Balaban J connectivity index is 1.50. The number of amidine groups is 1. The molecule has 1 heterocycles. The van der Waals surface area contributed by atoms with Crippen molar-refractivity contribution in [2.45, 2.75) is 31.6 Å². The van der Waals surface area contributed by atoms with Crippen LogP contribution in [-0.4, -0.2) is 5.17 Å². The average Bonchev–Trinajstić information content (AvgIpc) is 2.78. The summed E-state index contributed by atoms with van der Waals surface area (Å²) in [5.41, 5.74) is 9.60. The maximum absolute atomic E-state index is 14.1. The van der Waals surface area contributed by atoms with Crippen LogP contribution in [0.2, 0.25) is 0 Å². The van der Waals surface area contributed by atoms with Gasteiger partial charge in [0, 0.05) is 22.4 Å². The molecule has 0 saturated carbocycles. The molecule has 6 heteroatoms. The molecule has 3 aromatic carbocycles. The van der Waals surface area contributed by atoms with Crippen LogP contribution >= 0.6 is 11.8 Å². The summed E-state index contributed by atoms with van der Waals surface area (Å²) in [6, 6.07) is 22.6. The first-order chi connectivity index (χ1) is 14.6. The number of halogens is 1. The zero-order chi connectivity index (χ0) is 20.9. The maximum Gasteiger partial charge on any atom is 0.227 e. The fraction of sp³-hybridized carbons (Fsp3) is 0.208. The second-order valence-electron chi connectivity index (χ2n) is 7.07. The van der Waals surface area contributed by atoms with Gasteiger partial charge in [-0.05, 0) is 24.6 Å². The lowest BCUT2D eigenvalue weighted by atomic mass is 10.1. The second kappa shape index (κ2) is 9.32. The number of nitrogens with zero attached hydrogens (tertiary/aromatic N) is 1. The Bertz CT molecular complexity index is 1030. The largest absolute Gasteiger partial charge is 0.460 e. The van der Waals surface area contributed by atoms with Crippen LogP contribution in [0.25, 0.3) is 0 Å². The van der Waals surface area contributed by atoms with Crippen LogP contribution in [-0.2, 0) is 17.1 Å². The summed E-state index contributed by atoms with van der Waals surface area (Å²) < 4.78 is 26.0. The highest BCUT2D eigenvalue weighted by molar-refractivity contribution is 8.13. The summed E-state index contributed by atoms with van der Waals surface area (Å²) >= 11 is 1.37. The number of aliphatic imine (C=N–C) groups is 1. The zero-order valence-electron chi connectivity index (χ0n) is 16.6. The van der Waals surface area contributed by atoms with Crippen LogP contribution in [0, 0.1) is 5.82 Å². The minimum atomic E-state index is -0.517. The van der Waals surface area contributed by atoms with Crippen LogP contribution in [0.15, 0.2) is 77.8 Å². The van der Waals surface area contributed by atoms with Crippen LogP contribution in [0.3, 0.4) is 0 Å². The molecule has 0 amide bonds. The molecule has 0 fully saturated rings. The van der Waals surface area contributed by atoms with E-state index < -0.39 is 6.29 Å². The molecule has 30 heavy (non-hydrogen) atoms. The second-order valence-corrected chi connectivity index (χ2v) is 8.06. The number of fused-ring (bicyclic) bond motifs is 1. The summed E-state index contributed by atoms with van der Waals surface area (Å²) in [5.74, 6) is 0.800. The first-order valence-electron chi connectivity index (χ1n) is 9.75. The molecule has 0 radical (unpaired) electrons. The fourth-order valence-corrected chi connectivity index (χ4v) is 4.10. The fourth-order valence-electron chi connectivity index (χ4n) is 3.34. The quantitative estimate of drug-likeness (QED) is 0.421. The minimum Gasteiger partial charge on any atom is -0.460 e. The smallest absolute Gasteiger partial charge is 0.227 e. The predicted molar refractivity (Wildman–Crippen MR) is 119 cm³/mol. The first kappa shape index (κ1) is 20.4. The van der Waals surface area contributed by atoms with Crippen molar-refractivity contribution in [1.82, 2.24) is 0 Å². The summed E-state index contributed by atoms with van der Waals surface area (Å²) in [4.78, 5) is 4.56. The predicted octanol–water partition coefficient (Wildman–Crippen LogP) is 5.74. The van der Waals surface area contributed by atoms with Crippen LogP contribution in [0.5, 0.6) is 5.75 Å². The lowest BCUT2D eigenvalue weighted by Crippen LogP contribution is -2.19. The number of thioether (sulfide) groups is 1. The van der Waals surface area contributed by atoms with E-state index in [1.165, 1.54) is 23.9 Å². The average molecular weight is 423 g/mol. The van der Waals surface area contributed by atoms with E-state index in [2.05, 4.69) is 4.99 Å². The topological polar surface area (TPSA) is 56.8 Å². The van der Waals surface area contributed by atoms with Crippen molar-refractivity contribution in [2.24, 2.45) is 10.7 Å². The van der Waals surface area contributed by atoms with Crippen molar-refractivity contribution in [3.63, 3.8) is 0 Å². The van der Waals surface area contributed by atoms with Gasteiger partial charge in [-0.15, -0.1) is 0 Å². The first-order valence-corrected chi connectivity index (χ1v) is 10.7. The molecule has 0 spiro atoms. The molecule has 1 aliphatic rings. The Morgan fingerprint density at radius 2 is 1.83 bits per heavy atom. The summed E-state index contributed by atoms with van der Waals surface area (Å²) in [7, 11) is 0. The van der Waals surface area contributed by atoms with E-state index in [0.29, 0.717) is 28.8 Å². The van der Waals surface area contributed by atoms with Crippen molar-refractivity contribution in [1.29, 1.82) is 0 Å². The van der Waals surface area contributed by atoms with Crippen LogP contribution in [0.4, 0.5) is 4.39 Å². The van der Waals surface area contributed by atoms with Crippen molar-refractivity contribution >= 4 is 16.9 Å². The summed E-state index contributed by atoms with van der Waals surface area (Å²) in [6.45, 7) is 2.29. The number of rotatable bonds is 5. The van der Waals surface area contributed by atoms with Crippen LogP contribution < -0.4 is 10.5 Å². The van der Waals surface area contributed by atoms with Gasteiger partial charge >= 0.3 is 0 Å². The number of hydrogen-bond acceptors (Lipinski definition) is 4. The Kier molecular flexibility index (Phi) is 6.35. The lowest BCUT2D eigenvalue weighted by Gasteiger charge is -2.28.